The molecule has 33 heavy (non-hydrogen) atoms. The first-order chi connectivity index (χ1) is 15.8. The number of carbonyl (C=O) groups excluding carboxylic acids is 2. The quantitative estimate of drug-likeness (QED) is 0.381. The summed E-state index contributed by atoms with van der Waals surface area (Å²) < 4.78 is 0. The molecule has 0 unspecified atom stereocenters. The van der Waals surface area contributed by atoms with Gasteiger partial charge < -0.3 is 9.88 Å². The molecule has 0 spiro atoms. The summed E-state index contributed by atoms with van der Waals surface area (Å²) in [6, 6.07) is 7.37. The van der Waals surface area contributed by atoms with Gasteiger partial charge in [0.15, 0.2) is 11.6 Å². The zero-order valence-electron chi connectivity index (χ0n) is 20.9. The number of nitrogens with one attached hydrogen (secondary N) is 1. The zero-order chi connectivity index (χ0) is 24.0. The van der Waals surface area contributed by atoms with Crippen LogP contribution in [-0.2, 0) is 20.8 Å². The van der Waals surface area contributed by atoms with Crippen molar-refractivity contribution in [2.75, 3.05) is 13.1 Å². The van der Waals surface area contributed by atoms with Gasteiger partial charge in [0, 0.05) is 30.4 Å². The Labute approximate surface area is 197 Å². The lowest BCUT2D eigenvalue weighted by Gasteiger charge is -2.41. The maximum atomic E-state index is 14.0. The standard InChI is InChI=1S/C27H39N3O3/c1-6-8-12-16-29(17-13-9-7-2)26(32)23-18-21-20-14-10-11-15-22(20)28-25(21)24(19-31)30(23)33-27(3,4)5/h10-11,14-15,23,28H,6-9,12-13,16-18H2,1-5H3/t23-/m1/s1. The molecule has 1 aromatic heterocycles. The highest BCUT2D eigenvalue weighted by Crippen LogP contribution is 2.37. The molecule has 2 aromatic rings. The van der Waals surface area contributed by atoms with Crippen molar-refractivity contribution in [1.82, 2.24) is 14.9 Å². The number of benzene rings is 1. The number of hydroxylamine groups is 2. The number of carbonyl (C=O) groups is 1. The third-order valence-electron chi connectivity index (χ3n) is 6.08. The first kappa shape index (κ1) is 25.1. The Morgan fingerprint density at radius 2 is 1.76 bits per heavy atom. The van der Waals surface area contributed by atoms with Crippen LogP contribution >= 0.6 is 0 Å². The number of amides is 1. The third-order valence-corrected chi connectivity index (χ3v) is 6.08. The van der Waals surface area contributed by atoms with Gasteiger partial charge >= 0.3 is 0 Å². The lowest BCUT2D eigenvalue weighted by atomic mass is 9.95. The lowest BCUT2D eigenvalue weighted by molar-refractivity contribution is -0.215. The number of aromatic nitrogens is 1. The van der Waals surface area contributed by atoms with E-state index in [4.69, 9.17) is 4.84 Å². The van der Waals surface area contributed by atoms with Gasteiger partial charge in [-0.25, -0.2) is 9.86 Å². The summed E-state index contributed by atoms with van der Waals surface area (Å²) >= 11 is 0. The monoisotopic (exact) mass is 453 g/mol. The van der Waals surface area contributed by atoms with Gasteiger partial charge in [0.05, 0.1) is 11.3 Å². The molecular formula is C27H39N3O3. The number of unbranched alkanes of at least 4 members (excludes halogenated alkanes) is 4. The highest BCUT2D eigenvalue weighted by Gasteiger charge is 2.41. The van der Waals surface area contributed by atoms with Crippen LogP contribution in [0.15, 0.2) is 24.3 Å². The van der Waals surface area contributed by atoms with Crippen LogP contribution in [0.4, 0.5) is 0 Å². The van der Waals surface area contributed by atoms with Gasteiger partial charge in [-0.15, -0.1) is 0 Å². The van der Waals surface area contributed by atoms with Crippen molar-refractivity contribution in [2.45, 2.75) is 91.2 Å². The first-order valence-corrected chi connectivity index (χ1v) is 12.4. The van der Waals surface area contributed by atoms with E-state index < -0.39 is 11.6 Å². The van der Waals surface area contributed by atoms with Crippen LogP contribution < -0.4 is 0 Å². The first-order valence-electron chi connectivity index (χ1n) is 12.4. The average Bonchev–Trinajstić information content (AvgIpc) is 3.14. The second-order valence-electron chi connectivity index (χ2n) is 9.96. The van der Waals surface area contributed by atoms with Crippen molar-refractivity contribution >= 4 is 28.4 Å². The molecule has 3 rings (SSSR count). The van der Waals surface area contributed by atoms with Crippen molar-refractivity contribution in [3.8, 4) is 0 Å². The third kappa shape index (κ3) is 5.87. The topological polar surface area (TPSA) is 65.6 Å². The molecule has 1 aliphatic heterocycles. The number of hydrogen-bond donors (Lipinski definition) is 1. The number of rotatable bonds is 10. The molecule has 0 saturated heterocycles. The molecule has 0 radical (unpaired) electrons. The molecule has 1 amide bonds. The van der Waals surface area contributed by atoms with Crippen molar-refractivity contribution in [1.29, 1.82) is 0 Å². The summed E-state index contributed by atoms with van der Waals surface area (Å²) in [6.07, 6.45) is 6.85. The molecule has 180 valence electrons. The second kappa shape index (κ2) is 11.0. The number of nitrogens with zero attached hydrogens (tertiary/aromatic N) is 2. The van der Waals surface area contributed by atoms with Crippen molar-refractivity contribution in [3.63, 3.8) is 0 Å². The fourth-order valence-corrected chi connectivity index (χ4v) is 4.49. The highest BCUT2D eigenvalue weighted by atomic mass is 16.7. The van der Waals surface area contributed by atoms with Gasteiger partial charge in [-0.2, -0.15) is 0 Å². The van der Waals surface area contributed by atoms with Crippen LogP contribution in [0.2, 0.25) is 0 Å². The normalized spacial score (nSPS) is 16.1. The van der Waals surface area contributed by atoms with Crippen LogP contribution in [0, 0.1) is 0 Å². The van der Waals surface area contributed by atoms with Crippen molar-refractivity contribution in [3.05, 3.63) is 35.5 Å². The van der Waals surface area contributed by atoms with Crippen molar-refractivity contribution < 1.29 is 14.4 Å². The smallest absolute Gasteiger partial charge is 0.248 e. The predicted octanol–water partition coefficient (Wildman–Crippen LogP) is 5.51. The highest BCUT2D eigenvalue weighted by molar-refractivity contribution is 5.98. The minimum Gasteiger partial charge on any atom is -0.352 e. The number of fused-ring (bicyclic) bond motifs is 3. The van der Waals surface area contributed by atoms with Gasteiger partial charge in [0.1, 0.15) is 6.04 Å². The van der Waals surface area contributed by atoms with Crippen LogP contribution in [0.25, 0.3) is 16.6 Å². The van der Waals surface area contributed by atoms with Gasteiger partial charge in [0.2, 0.25) is 5.91 Å². The Balaban J connectivity index is 2.01. The van der Waals surface area contributed by atoms with E-state index >= 15 is 0 Å². The largest absolute Gasteiger partial charge is 0.352 e. The molecule has 0 aliphatic carbocycles. The SMILES string of the molecule is CCCCCN(CCCCC)C(=O)[C@H]1Cc2c([nH]c3ccccc23)C(=C=O)N1OC(C)(C)C. The number of hydrogen-bond acceptors (Lipinski definition) is 4. The van der Waals surface area contributed by atoms with E-state index in [1.807, 2.05) is 49.9 Å². The van der Waals surface area contributed by atoms with Crippen LogP contribution in [0.3, 0.4) is 0 Å². The Kier molecular flexibility index (Phi) is 8.39. The Morgan fingerprint density at radius 1 is 1.12 bits per heavy atom. The predicted molar refractivity (Wildman–Crippen MR) is 133 cm³/mol. The fourth-order valence-electron chi connectivity index (χ4n) is 4.49. The molecular weight excluding hydrogens is 414 g/mol. The summed E-state index contributed by atoms with van der Waals surface area (Å²) in [5.74, 6) is 2.11. The summed E-state index contributed by atoms with van der Waals surface area (Å²) in [6.45, 7) is 11.6. The summed E-state index contributed by atoms with van der Waals surface area (Å²) in [5, 5.41) is 2.57. The van der Waals surface area contributed by atoms with E-state index in [0.29, 0.717) is 12.1 Å². The van der Waals surface area contributed by atoms with E-state index in [1.165, 1.54) is 5.06 Å². The van der Waals surface area contributed by atoms with Crippen LogP contribution in [0.1, 0.15) is 84.4 Å². The molecule has 6 nitrogen and oxygen atoms in total. The molecule has 1 N–H and O–H groups in total. The van der Waals surface area contributed by atoms with Crippen LogP contribution in [-0.4, -0.2) is 51.5 Å². The van der Waals surface area contributed by atoms with E-state index in [-0.39, 0.29) is 11.6 Å². The van der Waals surface area contributed by atoms with E-state index in [9.17, 15) is 9.59 Å². The maximum Gasteiger partial charge on any atom is 0.248 e. The van der Waals surface area contributed by atoms with Gasteiger partial charge in [-0.1, -0.05) is 57.7 Å². The number of aromatic amines is 1. The summed E-state index contributed by atoms with van der Waals surface area (Å²) in [4.78, 5) is 37.8. The zero-order valence-corrected chi connectivity index (χ0v) is 20.9. The van der Waals surface area contributed by atoms with E-state index in [2.05, 4.69) is 24.8 Å². The molecule has 2 heterocycles. The molecule has 0 saturated carbocycles. The Hall–Kier alpha value is -2.56. The van der Waals surface area contributed by atoms with Gasteiger partial charge in [0.25, 0.3) is 0 Å². The molecule has 1 aromatic carbocycles. The minimum atomic E-state index is -0.601. The lowest BCUT2D eigenvalue weighted by Crippen LogP contribution is -2.53. The van der Waals surface area contributed by atoms with Gasteiger partial charge in [-0.05, 0) is 45.2 Å². The van der Waals surface area contributed by atoms with Gasteiger partial charge in [-0.3, -0.25) is 9.63 Å². The minimum absolute atomic E-state index is 0.0233. The molecule has 0 bridgehead atoms. The Morgan fingerprint density at radius 3 is 2.33 bits per heavy atom. The maximum absolute atomic E-state index is 14.0. The Bertz CT molecular complexity index is 988. The average molecular weight is 454 g/mol. The van der Waals surface area contributed by atoms with E-state index in [1.54, 1.807) is 0 Å². The van der Waals surface area contributed by atoms with E-state index in [0.717, 1.165) is 68.1 Å². The molecule has 1 aliphatic rings. The molecule has 0 fully saturated rings. The van der Waals surface area contributed by atoms with Crippen molar-refractivity contribution in [2.24, 2.45) is 0 Å². The van der Waals surface area contributed by atoms with Crippen LogP contribution in [0.5, 0.6) is 0 Å². The fraction of sp³-hybridized carbons (Fsp3) is 0.593. The summed E-state index contributed by atoms with van der Waals surface area (Å²) in [5.41, 5.74) is 2.32. The molecule has 1 atom stereocenters. The number of H-pyrrole nitrogens is 1. The summed E-state index contributed by atoms with van der Waals surface area (Å²) in [7, 11) is 0. The number of para-hydroxylation sites is 1. The second-order valence-corrected chi connectivity index (χ2v) is 9.96. The molecule has 6 heteroatoms.